The summed E-state index contributed by atoms with van der Waals surface area (Å²) in [5, 5.41) is 11.4. The van der Waals surface area contributed by atoms with Gasteiger partial charge in [-0.2, -0.15) is 0 Å². The lowest BCUT2D eigenvalue weighted by Gasteiger charge is -2.18. The lowest BCUT2D eigenvalue weighted by Crippen LogP contribution is -2.14. The van der Waals surface area contributed by atoms with Gasteiger partial charge in [0, 0.05) is 10.9 Å². The number of hydrogen-bond donors (Lipinski definition) is 1. The van der Waals surface area contributed by atoms with Crippen LogP contribution in [0.4, 0.5) is 6.01 Å². The van der Waals surface area contributed by atoms with Crippen LogP contribution in [0.15, 0.2) is 63.4 Å². The van der Waals surface area contributed by atoms with Crippen molar-refractivity contribution in [3.8, 4) is 11.7 Å². The molecule has 4 aromatic rings. The molecule has 0 fully saturated rings. The summed E-state index contributed by atoms with van der Waals surface area (Å²) in [4.78, 5) is 12.4. The fourth-order valence-electron chi connectivity index (χ4n) is 2.75. The number of carbonyl (C=O) groups excluding carboxylic acids is 1. The maximum atomic E-state index is 12.4. The van der Waals surface area contributed by atoms with E-state index in [0.717, 1.165) is 16.5 Å². The van der Waals surface area contributed by atoms with Gasteiger partial charge in [-0.1, -0.05) is 56.2 Å². The van der Waals surface area contributed by atoms with E-state index in [1.807, 2.05) is 42.5 Å². The second-order valence-electron chi connectivity index (χ2n) is 7.34. The Morgan fingerprint density at radius 1 is 0.963 bits per heavy atom. The van der Waals surface area contributed by atoms with Gasteiger partial charge in [0.15, 0.2) is 5.76 Å². The van der Waals surface area contributed by atoms with Crippen LogP contribution in [0.2, 0.25) is 0 Å². The Hall–Kier alpha value is -3.41. The molecule has 0 bridgehead atoms. The maximum absolute atomic E-state index is 12.4. The Kier molecular flexibility index (Phi) is 4.03. The van der Waals surface area contributed by atoms with E-state index in [4.69, 9.17) is 8.83 Å². The molecule has 0 spiro atoms. The molecule has 2 aromatic heterocycles. The molecular weight excluding hydrogens is 342 g/mol. The van der Waals surface area contributed by atoms with Crippen LogP contribution in [-0.2, 0) is 5.41 Å². The smallest absolute Gasteiger partial charge is 0.322 e. The number of para-hydroxylation sites is 1. The standard InChI is InChI=1S/C21H19N3O3/c1-21(2,3)15-10-8-13(9-11-15)18(25)22-20-24-23-19(27-20)17-12-14-6-4-5-7-16(14)26-17/h4-12H,1-3H3,(H,22,24,25). The molecule has 0 aliphatic heterocycles. The summed E-state index contributed by atoms with van der Waals surface area (Å²) in [5.74, 6) is 0.360. The molecule has 0 saturated carbocycles. The zero-order valence-electron chi connectivity index (χ0n) is 15.3. The van der Waals surface area contributed by atoms with Crippen LogP contribution in [0.3, 0.4) is 0 Å². The molecule has 0 aliphatic carbocycles. The number of amides is 1. The van der Waals surface area contributed by atoms with Crippen LogP contribution in [0.5, 0.6) is 0 Å². The number of hydrogen-bond acceptors (Lipinski definition) is 5. The first kappa shape index (κ1) is 17.0. The fraction of sp³-hybridized carbons (Fsp3) is 0.190. The molecule has 2 heterocycles. The lowest BCUT2D eigenvalue weighted by molar-refractivity contribution is 0.102. The van der Waals surface area contributed by atoms with Crippen LogP contribution >= 0.6 is 0 Å². The maximum Gasteiger partial charge on any atom is 0.322 e. The summed E-state index contributed by atoms with van der Waals surface area (Å²) in [5.41, 5.74) is 2.44. The van der Waals surface area contributed by atoms with Crippen molar-refractivity contribution >= 4 is 22.9 Å². The Labute approximate surface area is 156 Å². The summed E-state index contributed by atoms with van der Waals surface area (Å²) >= 11 is 0. The molecule has 136 valence electrons. The zero-order chi connectivity index (χ0) is 19.0. The summed E-state index contributed by atoms with van der Waals surface area (Å²) in [6, 6.07) is 16.9. The molecule has 1 amide bonds. The second kappa shape index (κ2) is 6.39. The first-order valence-electron chi connectivity index (χ1n) is 8.64. The van der Waals surface area contributed by atoms with Crippen molar-refractivity contribution in [2.24, 2.45) is 0 Å². The molecule has 6 heteroatoms. The van der Waals surface area contributed by atoms with Gasteiger partial charge in [-0.25, -0.2) is 0 Å². The number of benzene rings is 2. The number of rotatable bonds is 3. The van der Waals surface area contributed by atoms with Gasteiger partial charge in [-0.3, -0.25) is 10.1 Å². The van der Waals surface area contributed by atoms with Crippen LogP contribution in [0.25, 0.3) is 22.6 Å². The number of aromatic nitrogens is 2. The van der Waals surface area contributed by atoms with Crippen molar-refractivity contribution < 1.29 is 13.6 Å². The van der Waals surface area contributed by atoms with Crippen molar-refractivity contribution in [2.45, 2.75) is 26.2 Å². The van der Waals surface area contributed by atoms with Crippen molar-refractivity contribution in [2.75, 3.05) is 5.32 Å². The minimum atomic E-state index is -0.310. The van der Waals surface area contributed by atoms with Gasteiger partial charge >= 0.3 is 6.01 Å². The van der Waals surface area contributed by atoms with Gasteiger partial charge in [0.25, 0.3) is 11.8 Å². The molecule has 6 nitrogen and oxygen atoms in total. The van der Waals surface area contributed by atoms with Crippen molar-refractivity contribution in [1.29, 1.82) is 0 Å². The van der Waals surface area contributed by atoms with E-state index in [0.29, 0.717) is 11.3 Å². The lowest BCUT2D eigenvalue weighted by atomic mass is 9.87. The first-order chi connectivity index (χ1) is 12.9. The number of anilines is 1. The fourth-order valence-corrected chi connectivity index (χ4v) is 2.75. The molecule has 1 N–H and O–H groups in total. The highest BCUT2D eigenvalue weighted by Crippen LogP contribution is 2.28. The molecule has 2 aromatic carbocycles. The third-order valence-electron chi connectivity index (χ3n) is 4.29. The normalized spacial score (nSPS) is 11.7. The minimum Gasteiger partial charge on any atom is -0.451 e. The average molecular weight is 361 g/mol. The van der Waals surface area contributed by atoms with E-state index < -0.39 is 0 Å². The van der Waals surface area contributed by atoms with Crippen LogP contribution in [0.1, 0.15) is 36.7 Å². The van der Waals surface area contributed by atoms with Gasteiger partial charge in [0.2, 0.25) is 0 Å². The van der Waals surface area contributed by atoms with Gasteiger partial charge in [0.05, 0.1) is 0 Å². The van der Waals surface area contributed by atoms with Crippen LogP contribution in [-0.4, -0.2) is 16.1 Å². The third kappa shape index (κ3) is 3.46. The van der Waals surface area contributed by atoms with Crippen molar-refractivity contribution in [1.82, 2.24) is 10.2 Å². The Morgan fingerprint density at radius 2 is 1.70 bits per heavy atom. The molecule has 4 rings (SSSR count). The molecule has 27 heavy (non-hydrogen) atoms. The van der Waals surface area contributed by atoms with Crippen molar-refractivity contribution in [3.05, 3.63) is 65.7 Å². The third-order valence-corrected chi connectivity index (χ3v) is 4.29. The Balaban J connectivity index is 1.51. The van der Waals surface area contributed by atoms with Crippen LogP contribution < -0.4 is 5.32 Å². The predicted octanol–water partition coefficient (Wildman–Crippen LogP) is 5.03. The van der Waals surface area contributed by atoms with E-state index >= 15 is 0 Å². The number of fused-ring (bicyclic) bond motifs is 1. The quantitative estimate of drug-likeness (QED) is 0.553. The molecule has 0 radical (unpaired) electrons. The SMILES string of the molecule is CC(C)(C)c1ccc(C(=O)Nc2nnc(-c3cc4ccccc4o3)o2)cc1. The first-order valence-corrected chi connectivity index (χ1v) is 8.64. The summed E-state index contributed by atoms with van der Waals surface area (Å²) < 4.78 is 11.2. The topological polar surface area (TPSA) is 81.2 Å². The molecule has 0 atom stereocenters. The number of nitrogens with one attached hydrogen (secondary N) is 1. The Morgan fingerprint density at radius 3 is 2.41 bits per heavy atom. The van der Waals surface area contributed by atoms with Gasteiger partial charge in [-0.15, -0.1) is 5.10 Å². The highest BCUT2D eigenvalue weighted by molar-refractivity contribution is 6.03. The Bertz CT molecular complexity index is 1070. The highest BCUT2D eigenvalue weighted by atomic mass is 16.4. The average Bonchev–Trinajstić information content (AvgIpc) is 3.27. The number of carbonyl (C=O) groups is 1. The van der Waals surface area contributed by atoms with Gasteiger partial charge < -0.3 is 8.83 Å². The summed E-state index contributed by atoms with van der Waals surface area (Å²) in [6.07, 6.45) is 0. The largest absolute Gasteiger partial charge is 0.451 e. The van der Waals surface area contributed by atoms with E-state index in [2.05, 4.69) is 36.3 Å². The van der Waals surface area contributed by atoms with E-state index in [1.165, 1.54) is 0 Å². The molecule has 0 unspecified atom stereocenters. The zero-order valence-corrected chi connectivity index (χ0v) is 15.3. The van der Waals surface area contributed by atoms with E-state index in [-0.39, 0.29) is 23.2 Å². The summed E-state index contributed by atoms with van der Waals surface area (Å²) in [7, 11) is 0. The minimum absolute atomic E-state index is 0.0235. The number of furan rings is 1. The monoisotopic (exact) mass is 361 g/mol. The van der Waals surface area contributed by atoms with Crippen molar-refractivity contribution in [3.63, 3.8) is 0 Å². The van der Waals surface area contributed by atoms with Gasteiger partial charge in [-0.05, 0) is 35.2 Å². The molecular formula is C21H19N3O3. The second-order valence-corrected chi connectivity index (χ2v) is 7.34. The molecule has 0 aliphatic rings. The number of nitrogens with zero attached hydrogens (tertiary/aromatic N) is 2. The highest BCUT2D eigenvalue weighted by Gasteiger charge is 2.17. The predicted molar refractivity (Wildman–Crippen MR) is 103 cm³/mol. The van der Waals surface area contributed by atoms with Crippen LogP contribution in [0, 0.1) is 0 Å². The van der Waals surface area contributed by atoms with E-state index in [1.54, 1.807) is 12.1 Å². The molecule has 0 saturated heterocycles. The van der Waals surface area contributed by atoms with Gasteiger partial charge in [0.1, 0.15) is 5.58 Å². The summed E-state index contributed by atoms with van der Waals surface area (Å²) in [6.45, 7) is 6.38. The van der Waals surface area contributed by atoms with E-state index in [9.17, 15) is 4.79 Å².